The lowest BCUT2D eigenvalue weighted by molar-refractivity contribution is -0.136. The first kappa shape index (κ1) is 18.4. The number of carboxylic acids is 1. The maximum atomic E-state index is 11.4. The molecule has 0 saturated heterocycles. The average molecular weight is 344 g/mol. The topological polar surface area (TPSA) is 46.5 Å². The zero-order valence-electron chi connectivity index (χ0n) is 14.0. The minimum atomic E-state index is -0.735. The molecule has 0 aromatic heterocycles. The van der Waals surface area contributed by atoms with Crippen molar-refractivity contribution < 1.29 is 14.6 Å². The van der Waals surface area contributed by atoms with Crippen molar-refractivity contribution in [1.82, 2.24) is 0 Å². The Labute approximate surface area is 148 Å². The smallest absolute Gasteiger partial charge is 0.316 e. The quantitative estimate of drug-likeness (QED) is 0.476. The Bertz CT molecular complexity index is 611. The molecule has 0 bridgehead atoms. The predicted molar refractivity (Wildman–Crippen MR) is 98.9 cm³/mol. The van der Waals surface area contributed by atoms with Gasteiger partial charge in [0.25, 0.3) is 0 Å². The second kappa shape index (κ2) is 10.0. The predicted octanol–water partition coefficient (Wildman–Crippen LogP) is 5.18. The number of thioether (sulfide) groups is 1. The summed E-state index contributed by atoms with van der Waals surface area (Å²) in [4.78, 5) is 12.4. The number of aryl methyl sites for hydroxylation is 1. The van der Waals surface area contributed by atoms with Crippen molar-refractivity contribution in [3.63, 3.8) is 0 Å². The molecule has 0 saturated carbocycles. The monoisotopic (exact) mass is 344 g/mol. The van der Waals surface area contributed by atoms with E-state index in [0.29, 0.717) is 13.0 Å². The van der Waals surface area contributed by atoms with Crippen LogP contribution in [-0.4, -0.2) is 22.9 Å². The van der Waals surface area contributed by atoms with Gasteiger partial charge in [0.15, 0.2) is 0 Å². The van der Waals surface area contributed by atoms with Gasteiger partial charge < -0.3 is 9.84 Å². The van der Waals surface area contributed by atoms with E-state index in [0.717, 1.165) is 29.9 Å². The van der Waals surface area contributed by atoms with Crippen molar-refractivity contribution in [1.29, 1.82) is 0 Å². The van der Waals surface area contributed by atoms with Crippen LogP contribution in [0.1, 0.15) is 31.2 Å². The summed E-state index contributed by atoms with van der Waals surface area (Å²) < 4.78 is 5.65. The third-order valence-electron chi connectivity index (χ3n) is 3.70. The van der Waals surface area contributed by atoms with Crippen molar-refractivity contribution in [2.24, 2.45) is 0 Å². The molecule has 0 amide bonds. The lowest BCUT2D eigenvalue weighted by atomic mass is 10.1. The zero-order chi connectivity index (χ0) is 17.2. The van der Waals surface area contributed by atoms with Gasteiger partial charge in [-0.2, -0.15) is 0 Å². The van der Waals surface area contributed by atoms with Gasteiger partial charge in [0.2, 0.25) is 0 Å². The summed E-state index contributed by atoms with van der Waals surface area (Å²) in [6, 6.07) is 17.8. The Morgan fingerprint density at radius 1 is 1.04 bits per heavy atom. The molecule has 2 aromatic rings. The largest absolute Gasteiger partial charge is 0.494 e. The van der Waals surface area contributed by atoms with Crippen LogP contribution in [0.2, 0.25) is 0 Å². The standard InChI is InChI=1S/C20H24O3S/c1-16-11-13-18(14-12-16)24-19(20(21)22)10-6-3-7-15-23-17-8-4-2-5-9-17/h2,4-5,8-9,11-14,19H,3,6-7,10,15H2,1H3,(H,21,22). The summed E-state index contributed by atoms with van der Waals surface area (Å²) in [5.74, 6) is 0.150. The summed E-state index contributed by atoms with van der Waals surface area (Å²) in [7, 11) is 0. The molecule has 24 heavy (non-hydrogen) atoms. The number of hydrogen-bond acceptors (Lipinski definition) is 3. The molecule has 1 atom stereocenters. The number of benzene rings is 2. The second-order valence-corrected chi connectivity index (χ2v) is 7.04. The number of hydrogen-bond donors (Lipinski definition) is 1. The maximum Gasteiger partial charge on any atom is 0.316 e. The maximum absolute atomic E-state index is 11.4. The van der Waals surface area contributed by atoms with Crippen molar-refractivity contribution in [3.8, 4) is 5.75 Å². The van der Waals surface area contributed by atoms with Gasteiger partial charge in [-0.05, 0) is 44.0 Å². The Morgan fingerprint density at radius 3 is 2.42 bits per heavy atom. The fourth-order valence-corrected chi connectivity index (χ4v) is 3.34. The van der Waals surface area contributed by atoms with E-state index in [1.165, 1.54) is 17.3 Å². The normalized spacial score (nSPS) is 11.9. The summed E-state index contributed by atoms with van der Waals surface area (Å²) in [6.45, 7) is 2.70. The van der Waals surface area contributed by atoms with Crippen LogP contribution in [0.15, 0.2) is 59.5 Å². The van der Waals surface area contributed by atoms with Gasteiger partial charge in [0.05, 0.1) is 6.61 Å². The van der Waals surface area contributed by atoms with Crippen molar-refractivity contribution >= 4 is 17.7 Å². The molecule has 2 rings (SSSR count). The number of aliphatic carboxylic acids is 1. The van der Waals surface area contributed by atoms with E-state index in [9.17, 15) is 9.90 Å². The molecule has 2 aromatic carbocycles. The van der Waals surface area contributed by atoms with E-state index < -0.39 is 5.97 Å². The lowest BCUT2D eigenvalue weighted by Gasteiger charge is -2.12. The molecule has 1 unspecified atom stereocenters. The number of para-hydroxylation sites is 1. The van der Waals surface area contributed by atoms with Crippen LogP contribution in [0.3, 0.4) is 0 Å². The molecule has 3 nitrogen and oxygen atoms in total. The Morgan fingerprint density at radius 2 is 1.75 bits per heavy atom. The van der Waals surface area contributed by atoms with Crippen LogP contribution in [0, 0.1) is 6.92 Å². The molecule has 0 fully saturated rings. The Balaban J connectivity index is 1.66. The molecule has 0 aliphatic carbocycles. The van der Waals surface area contributed by atoms with Crippen LogP contribution in [0.25, 0.3) is 0 Å². The zero-order valence-corrected chi connectivity index (χ0v) is 14.8. The van der Waals surface area contributed by atoms with Gasteiger partial charge in [-0.1, -0.05) is 48.7 Å². The molecular weight excluding hydrogens is 320 g/mol. The molecule has 0 aliphatic rings. The first-order chi connectivity index (χ1) is 11.6. The fourth-order valence-electron chi connectivity index (χ4n) is 2.33. The first-order valence-corrected chi connectivity index (χ1v) is 9.17. The number of carboxylic acid groups (broad SMARTS) is 1. The number of unbranched alkanes of at least 4 members (excludes halogenated alkanes) is 2. The molecule has 4 heteroatoms. The van der Waals surface area contributed by atoms with Crippen molar-refractivity contribution in [2.45, 2.75) is 42.8 Å². The Hall–Kier alpha value is -1.94. The van der Waals surface area contributed by atoms with Crippen LogP contribution in [0.4, 0.5) is 0 Å². The minimum Gasteiger partial charge on any atom is -0.494 e. The minimum absolute atomic E-state index is 0.386. The van der Waals surface area contributed by atoms with E-state index in [1.54, 1.807) is 0 Å². The van der Waals surface area contributed by atoms with Gasteiger partial charge in [0, 0.05) is 4.90 Å². The average Bonchev–Trinajstić information content (AvgIpc) is 2.59. The highest BCUT2D eigenvalue weighted by Crippen LogP contribution is 2.27. The summed E-state index contributed by atoms with van der Waals surface area (Å²) in [5, 5.41) is 9.01. The van der Waals surface area contributed by atoms with Crippen LogP contribution >= 0.6 is 11.8 Å². The summed E-state index contributed by atoms with van der Waals surface area (Å²) in [5.41, 5.74) is 1.18. The number of rotatable bonds is 10. The molecule has 0 radical (unpaired) electrons. The van der Waals surface area contributed by atoms with Crippen molar-refractivity contribution in [3.05, 3.63) is 60.2 Å². The van der Waals surface area contributed by atoms with E-state index in [1.807, 2.05) is 61.5 Å². The third kappa shape index (κ3) is 6.67. The molecule has 1 N–H and O–H groups in total. The van der Waals surface area contributed by atoms with Gasteiger partial charge in [-0.15, -0.1) is 11.8 Å². The molecule has 0 spiro atoms. The first-order valence-electron chi connectivity index (χ1n) is 8.29. The van der Waals surface area contributed by atoms with Gasteiger partial charge >= 0.3 is 5.97 Å². The second-order valence-electron chi connectivity index (χ2n) is 5.77. The van der Waals surface area contributed by atoms with Gasteiger partial charge in [-0.25, -0.2) is 0 Å². The van der Waals surface area contributed by atoms with E-state index in [2.05, 4.69) is 0 Å². The van der Waals surface area contributed by atoms with Crippen LogP contribution < -0.4 is 4.74 Å². The molecule has 0 heterocycles. The molecular formula is C20H24O3S. The van der Waals surface area contributed by atoms with Crippen LogP contribution in [0.5, 0.6) is 5.75 Å². The SMILES string of the molecule is Cc1ccc(SC(CCCCCOc2ccccc2)C(=O)O)cc1. The van der Waals surface area contributed by atoms with Crippen LogP contribution in [-0.2, 0) is 4.79 Å². The van der Waals surface area contributed by atoms with E-state index in [4.69, 9.17) is 4.74 Å². The highest BCUT2D eigenvalue weighted by molar-refractivity contribution is 8.00. The van der Waals surface area contributed by atoms with E-state index in [-0.39, 0.29) is 5.25 Å². The fraction of sp³-hybridized carbons (Fsp3) is 0.350. The van der Waals surface area contributed by atoms with Gasteiger partial charge in [-0.3, -0.25) is 4.79 Å². The lowest BCUT2D eigenvalue weighted by Crippen LogP contribution is -2.16. The number of carbonyl (C=O) groups is 1. The summed E-state index contributed by atoms with van der Waals surface area (Å²) >= 11 is 1.44. The highest BCUT2D eigenvalue weighted by atomic mass is 32.2. The van der Waals surface area contributed by atoms with E-state index >= 15 is 0 Å². The molecule has 0 aliphatic heterocycles. The van der Waals surface area contributed by atoms with Gasteiger partial charge in [0.1, 0.15) is 11.0 Å². The third-order valence-corrected chi connectivity index (χ3v) is 4.96. The summed E-state index contributed by atoms with van der Waals surface area (Å²) in [6.07, 6.45) is 3.49. The highest BCUT2D eigenvalue weighted by Gasteiger charge is 2.18. The number of ether oxygens (including phenoxy) is 1. The Kier molecular flexibility index (Phi) is 7.69. The van der Waals surface area contributed by atoms with Crippen molar-refractivity contribution in [2.75, 3.05) is 6.61 Å². The molecule has 128 valence electrons.